The highest BCUT2D eigenvalue weighted by atomic mass is 32.2. The molecule has 1 aromatic carbocycles. The van der Waals surface area contributed by atoms with Gasteiger partial charge in [0.15, 0.2) is 0 Å². The highest BCUT2D eigenvalue weighted by Gasteiger charge is 2.52. The average molecular weight is 237 g/mol. The zero-order valence-corrected chi connectivity index (χ0v) is 9.62. The Balaban J connectivity index is 2.52. The van der Waals surface area contributed by atoms with Crippen LogP contribution in [-0.4, -0.2) is 26.4 Å². The van der Waals surface area contributed by atoms with Gasteiger partial charge in [0.25, 0.3) is 0 Å². The highest BCUT2D eigenvalue weighted by molar-refractivity contribution is 7.93. The molecule has 0 bridgehead atoms. The number of benzene rings is 1. The van der Waals surface area contributed by atoms with Crippen molar-refractivity contribution >= 4 is 9.84 Å². The summed E-state index contributed by atoms with van der Waals surface area (Å²) in [7, 11) is -3.62. The van der Waals surface area contributed by atoms with Crippen LogP contribution in [0.3, 0.4) is 0 Å². The van der Waals surface area contributed by atoms with E-state index in [1.807, 2.05) is 19.1 Å². The molecule has 1 saturated heterocycles. The molecule has 2 rings (SSSR count). The molecular weight excluding hydrogens is 226 g/mol. The van der Waals surface area contributed by atoms with Crippen LogP contribution in [0.25, 0.3) is 0 Å². The molecule has 5 heteroatoms. The van der Waals surface area contributed by atoms with Gasteiger partial charge in [0, 0.05) is 0 Å². The maximum atomic E-state index is 12.2. The van der Waals surface area contributed by atoms with Gasteiger partial charge in [-0.15, -0.1) is 0 Å². The zero-order chi connectivity index (χ0) is 11.8. The molecule has 0 amide bonds. The fourth-order valence-corrected chi connectivity index (χ4v) is 3.22. The van der Waals surface area contributed by atoms with Crippen molar-refractivity contribution in [3.63, 3.8) is 0 Å². The summed E-state index contributed by atoms with van der Waals surface area (Å²) in [6.45, 7) is 1.73. The fraction of sp³-hybridized carbons (Fsp3) is 0.364. The van der Waals surface area contributed by atoms with Gasteiger partial charge in [-0.05, 0) is 24.6 Å². The van der Waals surface area contributed by atoms with Gasteiger partial charge in [-0.2, -0.15) is 5.26 Å². The number of aryl methyl sites for hydroxylation is 1. The van der Waals surface area contributed by atoms with Crippen LogP contribution >= 0.6 is 0 Å². The third-order valence-electron chi connectivity index (χ3n) is 2.69. The molecule has 84 valence electrons. The average Bonchev–Trinajstić information content (AvgIpc) is 2.16. The first kappa shape index (κ1) is 11.1. The lowest BCUT2D eigenvalue weighted by Gasteiger charge is -2.34. The molecule has 0 unspecified atom stereocenters. The van der Waals surface area contributed by atoms with Crippen molar-refractivity contribution in [2.75, 3.05) is 13.2 Å². The Bertz CT molecular complexity index is 553. The molecule has 1 aliphatic heterocycles. The van der Waals surface area contributed by atoms with Gasteiger partial charge >= 0.3 is 0 Å². The van der Waals surface area contributed by atoms with E-state index in [-0.39, 0.29) is 18.1 Å². The van der Waals surface area contributed by atoms with E-state index in [9.17, 15) is 8.42 Å². The molecule has 1 fully saturated rings. The number of rotatable bonds is 2. The molecule has 0 saturated carbocycles. The third kappa shape index (κ3) is 1.42. The highest BCUT2D eigenvalue weighted by Crippen LogP contribution is 2.32. The molecule has 0 atom stereocenters. The van der Waals surface area contributed by atoms with Crippen molar-refractivity contribution in [3.05, 3.63) is 29.8 Å². The van der Waals surface area contributed by atoms with Gasteiger partial charge in [-0.3, -0.25) is 0 Å². The first-order valence-electron chi connectivity index (χ1n) is 4.82. The summed E-state index contributed by atoms with van der Waals surface area (Å²) < 4.78 is 27.9. The van der Waals surface area contributed by atoms with E-state index < -0.39 is 14.6 Å². The Hall–Kier alpha value is -1.38. The molecule has 0 N–H and O–H groups in total. The summed E-state index contributed by atoms with van der Waals surface area (Å²) in [5.74, 6) is 0. The van der Waals surface area contributed by atoms with Crippen molar-refractivity contribution in [3.8, 4) is 6.07 Å². The fourth-order valence-electron chi connectivity index (χ4n) is 1.58. The second-order valence-corrected chi connectivity index (χ2v) is 6.18. The first-order chi connectivity index (χ1) is 7.52. The number of nitriles is 1. The minimum Gasteiger partial charge on any atom is -0.376 e. The Kier molecular flexibility index (Phi) is 2.49. The normalized spacial score (nSPS) is 18.5. The van der Waals surface area contributed by atoms with Gasteiger partial charge in [-0.1, -0.05) is 12.1 Å². The predicted molar refractivity (Wildman–Crippen MR) is 57.5 cm³/mol. The first-order valence-corrected chi connectivity index (χ1v) is 6.30. The van der Waals surface area contributed by atoms with Crippen molar-refractivity contribution in [1.29, 1.82) is 5.26 Å². The summed E-state index contributed by atoms with van der Waals surface area (Å²) in [5, 5.41) is 8.99. The summed E-state index contributed by atoms with van der Waals surface area (Å²) in [6.07, 6.45) is 0. The topological polar surface area (TPSA) is 67.2 Å². The van der Waals surface area contributed by atoms with Gasteiger partial charge in [-0.25, -0.2) is 8.42 Å². The van der Waals surface area contributed by atoms with Crippen LogP contribution in [0.1, 0.15) is 5.56 Å². The molecule has 0 aromatic heterocycles. The Morgan fingerprint density at radius 1 is 1.44 bits per heavy atom. The number of nitrogens with zero attached hydrogens (tertiary/aromatic N) is 1. The van der Waals surface area contributed by atoms with Gasteiger partial charge in [0.05, 0.1) is 24.2 Å². The third-order valence-corrected chi connectivity index (χ3v) is 4.92. The van der Waals surface area contributed by atoms with Gasteiger partial charge < -0.3 is 4.74 Å². The maximum Gasteiger partial charge on any atom is 0.208 e. The largest absolute Gasteiger partial charge is 0.376 e. The number of ether oxygens (including phenoxy) is 1. The zero-order valence-electron chi connectivity index (χ0n) is 8.80. The molecule has 16 heavy (non-hydrogen) atoms. The molecular formula is C11H11NO3S. The number of hydrogen-bond donors (Lipinski definition) is 0. The van der Waals surface area contributed by atoms with Crippen molar-refractivity contribution in [1.82, 2.24) is 0 Å². The van der Waals surface area contributed by atoms with Gasteiger partial charge in [0.2, 0.25) is 14.6 Å². The molecule has 0 spiro atoms. The molecule has 0 radical (unpaired) electrons. The van der Waals surface area contributed by atoms with Crippen LogP contribution in [-0.2, 0) is 14.6 Å². The lowest BCUT2D eigenvalue weighted by molar-refractivity contribution is 0.0115. The quantitative estimate of drug-likeness (QED) is 0.771. The standard InChI is InChI=1S/C11H11NO3S/c1-9-3-2-4-10(5-9)16(13,14)11(6-12)7-15-8-11/h2-5H,7-8H2,1H3. The van der Waals surface area contributed by atoms with E-state index in [2.05, 4.69) is 0 Å². The lowest BCUT2D eigenvalue weighted by atomic mass is 10.1. The van der Waals surface area contributed by atoms with E-state index in [1.54, 1.807) is 12.1 Å². The van der Waals surface area contributed by atoms with Crippen molar-refractivity contribution in [2.24, 2.45) is 0 Å². The SMILES string of the molecule is Cc1cccc(S(=O)(=O)C2(C#N)COC2)c1. The second-order valence-electron chi connectivity index (χ2n) is 3.92. The molecule has 0 aliphatic carbocycles. The lowest BCUT2D eigenvalue weighted by Crippen LogP contribution is -2.54. The van der Waals surface area contributed by atoms with Crippen molar-refractivity contribution in [2.45, 2.75) is 16.6 Å². The molecule has 1 aliphatic rings. The summed E-state index contributed by atoms with van der Waals surface area (Å²) >= 11 is 0. The Labute approximate surface area is 94.4 Å². The molecule has 4 nitrogen and oxygen atoms in total. The Morgan fingerprint density at radius 3 is 2.56 bits per heavy atom. The van der Waals surface area contributed by atoms with Crippen LogP contribution < -0.4 is 0 Å². The predicted octanol–water partition coefficient (Wildman–Crippen LogP) is 1.06. The van der Waals surface area contributed by atoms with Crippen LogP contribution in [0.15, 0.2) is 29.2 Å². The smallest absolute Gasteiger partial charge is 0.208 e. The van der Waals surface area contributed by atoms with Crippen LogP contribution in [0.4, 0.5) is 0 Å². The summed E-state index contributed by atoms with van der Waals surface area (Å²) in [6, 6.07) is 8.44. The van der Waals surface area contributed by atoms with E-state index in [0.29, 0.717) is 0 Å². The van der Waals surface area contributed by atoms with E-state index in [0.717, 1.165) is 5.56 Å². The van der Waals surface area contributed by atoms with Crippen LogP contribution in [0, 0.1) is 18.3 Å². The van der Waals surface area contributed by atoms with Crippen molar-refractivity contribution < 1.29 is 13.2 Å². The van der Waals surface area contributed by atoms with Gasteiger partial charge in [0.1, 0.15) is 0 Å². The molecule has 1 heterocycles. The maximum absolute atomic E-state index is 12.2. The minimum atomic E-state index is -3.62. The number of sulfone groups is 1. The monoisotopic (exact) mass is 237 g/mol. The molecule has 1 aromatic rings. The van der Waals surface area contributed by atoms with Crippen LogP contribution in [0.2, 0.25) is 0 Å². The van der Waals surface area contributed by atoms with E-state index >= 15 is 0 Å². The second kappa shape index (κ2) is 3.58. The van der Waals surface area contributed by atoms with E-state index in [1.165, 1.54) is 6.07 Å². The summed E-state index contributed by atoms with van der Waals surface area (Å²) in [4.78, 5) is 0.192. The van der Waals surface area contributed by atoms with Crippen LogP contribution in [0.5, 0.6) is 0 Å². The minimum absolute atomic E-state index is 0.0419. The number of hydrogen-bond acceptors (Lipinski definition) is 4. The Morgan fingerprint density at radius 2 is 2.12 bits per heavy atom. The van der Waals surface area contributed by atoms with E-state index in [4.69, 9.17) is 10.00 Å². The summed E-state index contributed by atoms with van der Waals surface area (Å²) in [5.41, 5.74) is 0.856.